The molecule has 2 aromatic carbocycles. The molecule has 1 amide bonds. The smallest absolute Gasteiger partial charge is 0.337 e. The fourth-order valence-electron chi connectivity index (χ4n) is 4.22. The van der Waals surface area contributed by atoms with Crippen molar-refractivity contribution in [2.75, 3.05) is 45.8 Å². The summed E-state index contributed by atoms with van der Waals surface area (Å²) in [4.78, 5) is 38.9. The van der Waals surface area contributed by atoms with Crippen molar-refractivity contribution in [2.45, 2.75) is 18.9 Å². The van der Waals surface area contributed by atoms with Gasteiger partial charge in [-0.3, -0.25) is 9.69 Å². The van der Waals surface area contributed by atoms with E-state index in [1.807, 2.05) is 18.2 Å². The number of likely N-dealkylation sites (tertiary alicyclic amines) is 1. The van der Waals surface area contributed by atoms with Gasteiger partial charge in [0.25, 0.3) is 0 Å². The number of hydrogen-bond donors (Lipinski definition) is 1. The largest absolute Gasteiger partial charge is 0.486 e. The molecule has 2 aliphatic heterocycles. The van der Waals surface area contributed by atoms with E-state index >= 15 is 0 Å². The summed E-state index contributed by atoms with van der Waals surface area (Å²) in [5, 5.41) is 2.79. The number of esters is 2. The molecule has 1 unspecified atom stereocenters. The Morgan fingerprint density at radius 1 is 0.970 bits per heavy atom. The molecule has 2 aromatic rings. The highest BCUT2D eigenvalue weighted by Gasteiger charge is 2.29. The van der Waals surface area contributed by atoms with Crippen LogP contribution in [0, 0.1) is 0 Å². The second-order valence-electron chi connectivity index (χ2n) is 7.86. The molecule has 9 nitrogen and oxygen atoms in total. The standard InChI is InChI=1S/C24H26N2O7/c1-30-23(28)16-10-17(24(29)31-2)12-18(11-16)25-22(27)14-26-7-3-4-19(26)15-5-6-20-21(13-15)33-9-8-32-20/h5-6,10-13,19H,3-4,7-9,14H2,1-2H3,(H,25,27). The van der Waals surface area contributed by atoms with Crippen LogP contribution in [0.2, 0.25) is 0 Å². The Bertz CT molecular complexity index is 1030. The fraction of sp³-hybridized carbons (Fsp3) is 0.375. The molecule has 33 heavy (non-hydrogen) atoms. The van der Waals surface area contributed by atoms with E-state index in [1.54, 1.807) is 0 Å². The Balaban J connectivity index is 1.48. The zero-order valence-electron chi connectivity index (χ0n) is 18.6. The van der Waals surface area contributed by atoms with Crippen LogP contribution in [0.5, 0.6) is 11.5 Å². The SMILES string of the molecule is COC(=O)c1cc(NC(=O)CN2CCCC2c2ccc3c(c2)OCCO3)cc(C(=O)OC)c1. The first-order chi connectivity index (χ1) is 16.0. The number of carbonyl (C=O) groups is 3. The summed E-state index contributed by atoms with van der Waals surface area (Å²) in [5.74, 6) is -0.0228. The van der Waals surface area contributed by atoms with Crippen molar-refractivity contribution in [1.82, 2.24) is 4.90 Å². The number of amides is 1. The van der Waals surface area contributed by atoms with Crippen LogP contribution in [0.4, 0.5) is 5.69 Å². The molecule has 0 aliphatic carbocycles. The van der Waals surface area contributed by atoms with Crippen LogP contribution in [0.3, 0.4) is 0 Å². The molecule has 0 radical (unpaired) electrons. The first-order valence-corrected chi connectivity index (χ1v) is 10.7. The highest BCUT2D eigenvalue weighted by atomic mass is 16.6. The molecule has 0 aromatic heterocycles. The van der Waals surface area contributed by atoms with Gasteiger partial charge in [-0.2, -0.15) is 0 Å². The minimum Gasteiger partial charge on any atom is -0.486 e. The predicted molar refractivity (Wildman–Crippen MR) is 119 cm³/mol. The Hall–Kier alpha value is -3.59. The Labute approximate surface area is 191 Å². The Morgan fingerprint density at radius 2 is 1.64 bits per heavy atom. The minimum atomic E-state index is -0.616. The maximum atomic E-state index is 12.8. The highest BCUT2D eigenvalue weighted by molar-refractivity contribution is 5.99. The third-order valence-corrected chi connectivity index (χ3v) is 5.72. The van der Waals surface area contributed by atoms with Gasteiger partial charge in [-0.15, -0.1) is 0 Å². The molecule has 2 heterocycles. The highest BCUT2D eigenvalue weighted by Crippen LogP contribution is 2.38. The predicted octanol–water partition coefficient (Wildman–Crippen LogP) is 2.81. The summed E-state index contributed by atoms with van der Waals surface area (Å²) < 4.78 is 20.8. The zero-order chi connectivity index (χ0) is 23.4. The summed E-state index contributed by atoms with van der Waals surface area (Å²) in [6, 6.07) is 10.3. The normalized spacial score (nSPS) is 17.3. The number of hydrogen-bond acceptors (Lipinski definition) is 8. The second kappa shape index (κ2) is 9.91. The lowest BCUT2D eigenvalue weighted by molar-refractivity contribution is -0.117. The van der Waals surface area contributed by atoms with E-state index in [-0.39, 0.29) is 29.6 Å². The lowest BCUT2D eigenvalue weighted by Crippen LogP contribution is -2.33. The van der Waals surface area contributed by atoms with Gasteiger partial charge < -0.3 is 24.3 Å². The molecule has 4 rings (SSSR count). The molecular formula is C24H26N2O7. The number of fused-ring (bicyclic) bond motifs is 1. The number of carbonyl (C=O) groups excluding carboxylic acids is 3. The first-order valence-electron chi connectivity index (χ1n) is 10.7. The van der Waals surface area contributed by atoms with Crippen LogP contribution >= 0.6 is 0 Å². The van der Waals surface area contributed by atoms with Gasteiger partial charge in [0, 0.05) is 11.7 Å². The van der Waals surface area contributed by atoms with E-state index in [0.29, 0.717) is 18.9 Å². The molecule has 9 heteroatoms. The van der Waals surface area contributed by atoms with Crippen molar-refractivity contribution >= 4 is 23.5 Å². The molecule has 0 bridgehead atoms. The monoisotopic (exact) mass is 454 g/mol. The van der Waals surface area contributed by atoms with E-state index in [4.69, 9.17) is 18.9 Å². The van der Waals surface area contributed by atoms with Crippen molar-refractivity contribution < 1.29 is 33.3 Å². The summed E-state index contributed by atoms with van der Waals surface area (Å²) in [6.45, 7) is 2.00. The van der Waals surface area contributed by atoms with E-state index in [1.165, 1.54) is 32.4 Å². The molecule has 0 spiro atoms. The van der Waals surface area contributed by atoms with E-state index in [0.717, 1.165) is 36.4 Å². The van der Waals surface area contributed by atoms with Gasteiger partial charge in [0.2, 0.25) is 5.91 Å². The van der Waals surface area contributed by atoms with Crippen LogP contribution in [0.1, 0.15) is 45.2 Å². The van der Waals surface area contributed by atoms with Crippen LogP contribution in [-0.4, -0.2) is 63.3 Å². The Morgan fingerprint density at radius 3 is 2.30 bits per heavy atom. The number of nitrogens with one attached hydrogen (secondary N) is 1. The molecule has 1 fully saturated rings. The molecule has 174 valence electrons. The number of benzene rings is 2. The van der Waals surface area contributed by atoms with Crippen molar-refractivity contribution in [3.8, 4) is 11.5 Å². The van der Waals surface area contributed by atoms with Gasteiger partial charge >= 0.3 is 11.9 Å². The average Bonchev–Trinajstić information content (AvgIpc) is 3.30. The Kier molecular flexibility index (Phi) is 6.79. The van der Waals surface area contributed by atoms with Crippen molar-refractivity contribution in [1.29, 1.82) is 0 Å². The number of rotatable bonds is 6. The summed E-state index contributed by atoms with van der Waals surface area (Å²) >= 11 is 0. The van der Waals surface area contributed by atoms with Gasteiger partial charge in [0.05, 0.1) is 31.9 Å². The lowest BCUT2D eigenvalue weighted by Gasteiger charge is -2.26. The third-order valence-electron chi connectivity index (χ3n) is 5.72. The topological polar surface area (TPSA) is 103 Å². The van der Waals surface area contributed by atoms with Gasteiger partial charge in [-0.05, 0) is 55.3 Å². The molecule has 2 aliphatic rings. The maximum Gasteiger partial charge on any atom is 0.337 e. The van der Waals surface area contributed by atoms with Crippen molar-refractivity contribution in [3.63, 3.8) is 0 Å². The molecular weight excluding hydrogens is 428 g/mol. The van der Waals surface area contributed by atoms with Crippen molar-refractivity contribution in [3.05, 3.63) is 53.1 Å². The summed E-state index contributed by atoms with van der Waals surface area (Å²) in [5.41, 5.74) is 1.68. The van der Waals surface area contributed by atoms with Gasteiger partial charge in [-0.1, -0.05) is 6.07 Å². The molecule has 0 saturated carbocycles. The lowest BCUT2D eigenvalue weighted by atomic mass is 10.0. The minimum absolute atomic E-state index is 0.0820. The van der Waals surface area contributed by atoms with Gasteiger partial charge in [0.1, 0.15) is 13.2 Å². The summed E-state index contributed by atoms with van der Waals surface area (Å²) in [6.07, 6.45) is 1.90. The quantitative estimate of drug-likeness (QED) is 0.665. The van der Waals surface area contributed by atoms with Gasteiger partial charge in [-0.25, -0.2) is 9.59 Å². The second-order valence-corrected chi connectivity index (χ2v) is 7.86. The van der Waals surface area contributed by atoms with Gasteiger partial charge in [0.15, 0.2) is 11.5 Å². The van der Waals surface area contributed by atoms with E-state index in [2.05, 4.69) is 10.2 Å². The molecule has 1 saturated heterocycles. The van der Waals surface area contributed by atoms with Crippen LogP contribution < -0.4 is 14.8 Å². The first kappa shape index (κ1) is 22.6. The average molecular weight is 454 g/mol. The number of ether oxygens (including phenoxy) is 4. The number of methoxy groups -OCH3 is 2. The zero-order valence-corrected chi connectivity index (χ0v) is 18.6. The third kappa shape index (κ3) is 5.09. The van der Waals surface area contributed by atoms with Crippen LogP contribution in [-0.2, 0) is 14.3 Å². The number of nitrogens with zero attached hydrogens (tertiary/aromatic N) is 1. The fourth-order valence-corrected chi connectivity index (χ4v) is 4.22. The maximum absolute atomic E-state index is 12.8. The molecule has 1 atom stereocenters. The van der Waals surface area contributed by atoms with E-state index < -0.39 is 11.9 Å². The van der Waals surface area contributed by atoms with Crippen molar-refractivity contribution in [2.24, 2.45) is 0 Å². The van der Waals surface area contributed by atoms with Crippen LogP contribution in [0.25, 0.3) is 0 Å². The van der Waals surface area contributed by atoms with E-state index in [9.17, 15) is 14.4 Å². The molecule has 1 N–H and O–H groups in total. The number of anilines is 1. The summed E-state index contributed by atoms with van der Waals surface area (Å²) in [7, 11) is 2.49. The van der Waals surface area contributed by atoms with Crippen LogP contribution in [0.15, 0.2) is 36.4 Å².